The molecule has 1 saturated heterocycles. The lowest BCUT2D eigenvalue weighted by atomic mass is 10.3. The summed E-state index contributed by atoms with van der Waals surface area (Å²) in [6.45, 7) is 6.71. The van der Waals surface area contributed by atoms with Gasteiger partial charge < -0.3 is 15.1 Å². The van der Waals surface area contributed by atoms with Crippen LogP contribution in [0.5, 0.6) is 0 Å². The number of hydrogen-bond donors (Lipinski definition) is 1. The number of urea groups is 1. The van der Waals surface area contributed by atoms with Gasteiger partial charge in [0.2, 0.25) is 0 Å². The smallest absolute Gasteiger partial charge is 0.321 e. The quantitative estimate of drug-likeness (QED) is 0.649. The van der Waals surface area contributed by atoms with Gasteiger partial charge in [0.15, 0.2) is 0 Å². The van der Waals surface area contributed by atoms with E-state index in [9.17, 15) is 4.79 Å². The van der Waals surface area contributed by atoms with E-state index in [1.807, 2.05) is 59.9 Å². The molecule has 0 bridgehead atoms. The van der Waals surface area contributed by atoms with Gasteiger partial charge in [-0.05, 0) is 38.3 Å². The second kappa shape index (κ2) is 8.74. The molecule has 3 heterocycles. The molecule has 4 rings (SSSR count). The molecule has 2 amide bonds. The molecule has 0 unspecified atom stereocenters. The van der Waals surface area contributed by atoms with Gasteiger partial charge >= 0.3 is 6.03 Å². The zero-order chi connectivity index (χ0) is 21.1. The number of anilines is 2. The molecule has 1 N–H and O–H groups in total. The minimum absolute atomic E-state index is 0.0687. The van der Waals surface area contributed by atoms with E-state index >= 15 is 0 Å². The summed E-state index contributed by atoms with van der Waals surface area (Å²) in [6, 6.07) is 9.78. The third-order valence-corrected chi connectivity index (χ3v) is 6.07. The zero-order valence-corrected chi connectivity index (χ0v) is 18.2. The van der Waals surface area contributed by atoms with Crippen molar-refractivity contribution in [3.63, 3.8) is 0 Å². The first-order valence-corrected chi connectivity index (χ1v) is 11.1. The summed E-state index contributed by atoms with van der Waals surface area (Å²) in [6.07, 6.45) is 5.39. The Kier molecular flexibility index (Phi) is 5.89. The number of hydrogen-bond acceptors (Lipinski definition) is 6. The lowest BCUT2D eigenvalue weighted by molar-refractivity contribution is 0.208. The van der Waals surface area contributed by atoms with Gasteiger partial charge in [-0.2, -0.15) is 0 Å². The van der Waals surface area contributed by atoms with Crippen LogP contribution in [0, 0.1) is 13.8 Å². The Morgan fingerprint density at radius 1 is 1.03 bits per heavy atom. The monoisotopic (exact) mass is 423 g/mol. The Labute approximate surface area is 180 Å². The molecule has 1 aliphatic heterocycles. The van der Waals surface area contributed by atoms with Crippen LogP contribution in [-0.4, -0.2) is 62.9 Å². The molecule has 0 saturated carbocycles. The number of imidazole rings is 1. The molecule has 2 aromatic heterocycles. The summed E-state index contributed by atoms with van der Waals surface area (Å²) >= 11 is 1.66. The fourth-order valence-corrected chi connectivity index (χ4v) is 3.87. The van der Waals surface area contributed by atoms with E-state index in [0.29, 0.717) is 13.1 Å². The highest BCUT2D eigenvalue weighted by Crippen LogP contribution is 2.21. The minimum Gasteiger partial charge on any atom is -0.353 e. The second-order valence-electron chi connectivity index (χ2n) is 7.16. The summed E-state index contributed by atoms with van der Waals surface area (Å²) in [5.41, 5.74) is 2.87. The number of nitrogens with one attached hydrogen (secondary N) is 1. The number of aryl methyl sites for hydroxylation is 1. The van der Waals surface area contributed by atoms with Crippen molar-refractivity contribution >= 4 is 29.3 Å². The van der Waals surface area contributed by atoms with Gasteiger partial charge in [0, 0.05) is 48.5 Å². The van der Waals surface area contributed by atoms with Crippen molar-refractivity contribution < 1.29 is 4.79 Å². The average Bonchev–Trinajstić information content (AvgIpc) is 3.12. The molecular formula is C21H25N7OS. The fraction of sp³-hybridized carbons (Fsp3) is 0.333. The summed E-state index contributed by atoms with van der Waals surface area (Å²) < 4.78 is 1.97. The Hall–Kier alpha value is -3.07. The average molecular weight is 424 g/mol. The standard InChI is InChI=1S/C21H25N7OS/c1-15-16(2)28(14-24-15)20-12-19(22-13-23-20)26-7-9-27(10-8-26)21(29)25-17-5-4-6-18(11-17)30-3/h4-6,11-14H,7-10H2,1-3H3,(H,25,29). The van der Waals surface area contributed by atoms with Crippen LogP contribution in [0.1, 0.15) is 11.4 Å². The number of thioether (sulfide) groups is 1. The van der Waals surface area contributed by atoms with Crippen molar-refractivity contribution in [3.05, 3.63) is 54.4 Å². The number of rotatable bonds is 4. The third kappa shape index (κ3) is 4.25. The van der Waals surface area contributed by atoms with Crippen LogP contribution in [-0.2, 0) is 0 Å². The molecule has 1 fully saturated rings. The number of carbonyl (C=O) groups is 1. The van der Waals surface area contributed by atoms with E-state index in [1.165, 1.54) is 0 Å². The van der Waals surface area contributed by atoms with Crippen molar-refractivity contribution in [3.8, 4) is 5.82 Å². The van der Waals surface area contributed by atoms with Gasteiger partial charge in [0.1, 0.15) is 24.3 Å². The highest BCUT2D eigenvalue weighted by Gasteiger charge is 2.22. The van der Waals surface area contributed by atoms with Crippen LogP contribution < -0.4 is 10.2 Å². The Bertz CT molecular complexity index is 1040. The molecule has 30 heavy (non-hydrogen) atoms. The van der Waals surface area contributed by atoms with Gasteiger partial charge in [-0.15, -0.1) is 11.8 Å². The zero-order valence-electron chi connectivity index (χ0n) is 17.4. The molecule has 1 aromatic carbocycles. The number of carbonyl (C=O) groups excluding carboxylic acids is 1. The summed E-state index contributed by atoms with van der Waals surface area (Å²) in [4.78, 5) is 31.0. The van der Waals surface area contributed by atoms with Crippen molar-refractivity contribution in [2.75, 3.05) is 42.7 Å². The third-order valence-electron chi connectivity index (χ3n) is 5.35. The van der Waals surface area contributed by atoms with Crippen LogP contribution in [0.3, 0.4) is 0 Å². The summed E-state index contributed by atoms with van der Waals surface area (Å²) in [7, 11) is 0. The van der Waals surface area contributed by atoms with Crippen LogP contribution in [0.4, 0.5) is 16.3 Å². The van der Waals surface area contributed by atoms with Gasteiger partial charge in [-0.25, -0.2) is 19.7 Å². The largest absolute Gasteiger partial charge is 0.353 e. The molecule has 0 radical (unpaired) electrons. The first kappa shape index (κ1) is 20.2. The number of aromatic nitrogens is 4. The molecular weight excluding hydrogens is 398 g/mol. The maximum absolute atomic E-state index is 12.6. The lowest BCUT2D eigenvalue weighted by Gasteiger charge is -2.35. The SMILES string of the molecule is CSc1cccc(NC(=O)N2CCN(c3cc(-n4cnc(C)c4C)ncn3)CC2)c1. The maximum atomic E-state index is 12.6. The van der Waals surface area contributed by atoms with Crippen LogP contribution >= 0.6 is 11.8 Å². The predicted molar refractivity (Wildman–Crippen MR) is 120 cm³/mol. The Morgan fingerprint density at radius 2 is 1.80 bits per heavy atom. The fourth-order valence-electron chi connectivity index (χ4n) is 3.41. The molecule has 1 aliphatic rings. The van der Waals surface area contributed by atoms with Crippen molar-refractivity contribution in [2.24, 2.45) is 0 Å². The highest BCUT2D eigenvalue weighted by molar-refractivity contribution is 7.98. The minimum atomic E-state index is -0.0687. The first-order valence-electron chi connectivity index (χ1n) is 9.83. The number of benzene rings is 1. The molecule has 9 heteroatoms. The van der Waals surface area contributed by atoms with Crippen molar-refractivity contribution in [1.29, 1.82) is 0 Å². The normalized spacial score (nSPS) is 14.1. The van der Waals surface area contributed by atoms with Gasteiger partial charge in [-0.3, -0.25) is 4.57 Å². The van der Waals surface area contributed by atoms with Crippen LogP contribution in [0.15, 0.2) is 47.9 Å². The number of piperazine rings is 1. The number of nitrogens with zero attached hydrogens (tertiary/aromatic N) is 6. The second-order valence-corrected chi connectivity index (χ2v) is 8.04. The van der Waals surface area contributed by atoms with Gasteiger partial charge in [-0.1, -0.05) is 6.07 Å². The molecule has 0 atom stereocenters. The molecule has 0 aliphatic carbocycles. The van der Waals surface area contributed by atoms with Gasteiger partial charge in [0.25, 0.3) is 0 Å². The summed E-state index contributed by atoms with van der Waals surface area (Å²) in [5, 5.41) is 3.00. The van der Waals surface area contributed by atoms with E-state index in [0.717, 1.165) is 46.7 Å². The Morgan fingerprint density at radius 3 is 2.50 bits per heavy atom. The first-order chi connectivity index (χ1) is 14.5. The van der Waals surface area contributed by atoms with E-state index in [2.05, 4.69) is 25.2 Å². The van der Waals surface area contributed by atoms with Crippen LogP contribution in [0.2, 0.25) is 0 Å². The molecule has 8 nitrogen and oxygen atoms in total. The van der Waals surface area contributed by atoms with Crippen molar-refractivity contribution in [1.82, 2.24) is 24.4 Å². The number of amides is 2. The van der Waals surface area contributed by atoms with E-state index in [-0.39, 0.29) is 6.03 Å². The van der Waals surface area contributed by atoms with Crippen LogP contribution in [0.25, 0.3) is 5.82 Å². The molecule has 0 spiro atoms. The summed E-state index contributed by atoms with van der Waals surface area (Å²) in [5.74, 6) is 1.66. The molecule has 3 aromatic rings. The van der Waals surface area contributed by atoms with E-state index < -0.39 is 0 Å². The maximum Gasteiger partial charge on any atom is 0.321 e. The van der Waals surface area contributed by atoms with E-state index in [1.54, 1.807) is 24.4 Å². The molecule has 156 valence electrons. The highest BCUT2D eigenvalue weighted by atomic mass is 32.2. The predicted octanol–water partition coefficient (Wildman–Crippen LogP) is 3.36. The Balaban J connectivity index is 1.39. The van der Waals surface area contributed by atoms with Gasteiger partial charge in [0.05, 0.1) is 5.69 Å². The lowest BCUT2D eigenvalue weighted by Crippen LogP contribution is -2.50. The topological polar surface area (TPSA) is 79.2 Å². The van der Waals surface area contributed by atoms with Crippen molar-refractivity contribution in [2.45, 2.75) is 18.7 Å². The van der Waals surface area contributed by atoms with E-state index in [4.69, 9.17) is 0 Å².